The molecule has 0 spiro atoms. The van der Waals surface area contributed by atoms with Crippen LogP contribution in [0.15, 0.2) is 0 Å². The van der Waals surface area contributed by atoms with Crippen molar-refractivity contribution in [3.05, 3.63) is 0 Å². The molecule has 0 bridgehead atoms. The van der Waals surface area contributed by atoms with Gasteiger partial charge >= 0.3 is 0 Å². The van der Waals surface area contributed by atoms with Crippen LogP contribution in [-0.4, -0.2) is 5.75 Å². The van der Waals surface area contributed by atoms with Gasteiger partial charge in [0.05, 0.1) is 0 Å². The molecule has 80 valence electrons. The van der Waals surface area contributed by atoms with Gasteiger partial charge < -0.3 is 0 Å². The monoisotopic (exact) mass is 202 g/mol. The van der Waals surface area contributed by atoms with Crippen molar-refractivity contribution >= 4 is 12.6 Å². The molecule has 1 heteroatoms. The van der Waals surface area contributed by atoms with E-state index in [2.05, 4.69) is 33.4 Å². The summed E-state index contributed by atoms with van der Waals surface area (Å²) in [4.78, 5) is 0. The van der Waals surface area contributed by atoms with Gasteiger partial charge in [-0.15, -0.1) is 0 Å². The molecule has 0 fully saturated rings. The first-order chi connectivity index (χ1) is 6.24. The minimum atomic E-state index is 0.625. The van der Waals surface area contributed by atoms with Gasteiger partial charge in [0.1, 0.15) is 0 Å². The van der Waals surface area contributed by atoms with Gasteiger partial charge in [-0.25, -0.2) is 0 Å². The summed E-state index contributed by atoms with van der Waals surface area (Å²) in [5.74, 6) is 1.06. The van der Waals surface area contributed by atoms with Crippen LogP contribution in [0, 0.1) is 5.41 Å². The number of hydrogen-bond acceptors (Lipinski definition) is 1. The Labute approximate surface area is 89.9 Å². The third-order valence-corrected chi connectivity index (χ3v) is 3.21. The van der Waals surface area contributed by atoms with Crippen molar-refractivity contribution in [2.24, 2.45) is 5.41 Å². The largest absolute Gasteiger partial charge is 0.179 e. The fourth-order valence-electron chi connectivity index (χ4n) is 2.58. The third-order valence-electron chi connectivity index (χ3n) is 2.98. The Morgan fingerprint density at radius 1 is 0.769 bits per heavy atom. The van der Waals surface area contributed by atoms with Crippen molar-refractivity contribution in [2.75, 3.05) is 5.75 Å². The highest BCUT2D eigenvalue weighted by molar-refractivity contribution is 7.80. The van der Waals surface area contributed by atoms with Crippen LogP contribution in [0.5, 0.6) is 0 Å². The molecule has 0 aliphatic rings. The summed E-state index contributed by atoms with van der Waals surface area (Å²) in [7, 11) is 0. The number of hydrogen-bond donors (Lipinski definition) is 1. The van der Waals surface area contributed by atoms with E-state index in [9.17, 15) is 0 Å². The lowest BCUT2D eigenvalue weighted by Gasteiger charge is -2.33. The zero-order valence-corrected chi connectivity index (χ0v) is 10.5. The Morgan fingerprint density at radius 3 is 1.38 bits per heavy atom. The number of rotatable bonds is 8. The fraction of sp³-hybridized carbons (Fsp3) is 1.00. The molecule has 0 rings (SSSR count). The van der Waals surface area contributed by atoms with Crippen LogP contribution in [0.25, 0.3) is 0 Å². The quantitative estimate of drug-likeness (QED) is 0.542. The standard InChI is InChI=1S/C12H26S/c1-4-7-12(8-5-2,9-6-3)10-11-13/h13H,4-11H2,1-3H3. The minimum absolute atomic E-state index is 0.625. The zero-order chi connectivity index (χ0) is 10.2. The van der Waals surface area contributed by atoms with Crippen LogP contribution >= 0.6 is 12.6 Å². The second kappa shape index (κ2) is 7.73. The van der Waals surface area contributed by atoms with Crippen LogP contribution in [0.3, 0.4) is 0 Å². The molecule has 0 heterocycles. The molecule has 0 atom stereocenters. The molecule has 0 radical (unpaired) electrons. The van der Waals surface area contributed by atoms with E-state index >= 15 is 0 Å². The van der Waals surface area contributed by atoms with Crippen molar-refractivity contribution in [1.29, 1.82) is 0 Å². The van der Waals surface area contributed by atoms with E-state index in [1.807, 2.05) is 0 Å². The van der Waals surface area contributed by atoms with Gasteiger partial charge in [0.25, 0.3) is 0 Å². The maximum atomic E-state index is 4.39. The maximum absolute atomic E-state index is 4.39. The first-order valence-electron chi connectivity index (χ1n) is 5.85. The van der Waals surface area contributed by atoms with Gasteiger partial charge in [0.2, 0.25) is 0 Å². The molecule has 0 aliphatic heterocycles. The van der Waals surface area contributed by atoms with E-state index in [0.29, 0.717) is 5.41 Å². The Kier molecular flexibility index (Phi) is 7.93. The summed E-state index contributed by atoms with van der Waals surface area (Å²) in [5, 5.41) is 0. The van der Waals surface area contributed by atoms with Crippen molar-refractivity contribution < 1.29 is 0 Å². The Hall–Kier alpha value is 0.350. The minimum Gasteiger partial charge on any atom is -0.179 e. The molecule has 0 unspecified atom stereocenters. The van der Waals surface area contributed by atoms with Crippen LogP contribution in [0.4, 0.5) is 0 Å². The zero-order valence-electron chi connectivity index (χ0n) is 9.60. The summed E-state index contributed by atoms with van der Waals surface area (Å²) in [5.41, 5.74) is 0.625. The van der Waals surface area contributed by atoms with E-state index in [1.54, 1.807) is 0 Å². The molecule has 13 heavy (non-hydrogen) atoms. The molecule has 0 N–H and O–H groups in total. The van der Waals surface area contributed by atoms with Crippen molar-refractivity contribution in [3.63, 3.8) is 0 Å². The lowest BCUT2D eigenvalue weighted by atomic mass is 9.74. The molecular weight excluding hydrogens is 176 g/mol. The van der Waals surface area contributed by atoms with Gasteiger partial charge in [0.15, 0.2) is 0 Å². The molecule has 0 saturated heterocycles. The lowest BCUT2D eigenvalue weighted by molar-refractivity contribution is 0.204. The van der Waals surface area contributed by atoms with Crippen LogP contribution in [0.1, 0.15) is 65.7 Å². The summed E-state index contributed by atoms with van der Waals surface area (Å²) < 4.78 is 0. The third kappa shape index (κ3) is 4.95. The van der Waals surface area contributed by atoms with Gasteiger partial charge in [-0.2, -0.15) is 12.6 Å². The van der Waals surface area contributed by atoms with E-state index in [0.717, 1.165) is 5.75 Å². The van der Waals surface area contributed by atoms with Crippen LogP contribution in [-0.2, 0) is 0 Å². The predicted molar refractivity (Wildman–Crippen MR) is 65.6 cm³/mol. The summed E-state index contributed by atoms with van der Waals surface area (Å²) in [6, 6.07) is 0. The topological polar surface area (TPSA) is 0 Å². The second-order valence-corrected chi connectivity index (χ2v) is 4.67. The highest BCUT2D eigenvalue weighted by Gasteiger charge is 2.25. The first kappa shape index (κ1) is 13.4. The smallest absolute Gasteiger partial charge is 0.00926 e. The molecular formula is C12H26S. The van der Waals surface area contributed by atoms with Crippen molar-refractivity contribution in [3.8, 4) is 0 Å². The molecule has 0 aromatic heterocycles. The fourth-order valence-corrected chi connectivity index (χ4v) is 3.05. The van der Waals surface area contributed by atoms with E-state index in [-0.39, 0.29) is 0 Å². The van der Waals surface area contributed by atoms with E-state index in [1.165, 1.54) is 44.9 Å². The van der Waals surface area contributed by atoms with Gasteiger partial charge in [0, 0.05) is 0 Å². The molecule has 0 amide bonds. The predicted octanol–water partition coefficient (Wildman–Crippen LogP) is 4.69. The van der Waals surface area contributed by atoms with Gasteiger partial charge in [-0.05, 0) is 36.9 Å². The van der Waals surface area contributed by atoms with Gasteiger partial charge in [-0.3, -0.25) is 0 Å². The molecule has 0 aromatic rings. The van der Waals surface area contributed by atoms with Crippen LogP contribution in [0.2, 0.25) is 0 Å². The molecule has 0 saturated carbocycles. The SMILES string of the molecule is CCCC(CCC)(CCC)CCS. The van der Waals surface area contributed by atoms with Crippen molar-refractivity contribution in [1.82, 2.24) is 0 Å². The normalized spacial score (nSPS) is 12.0. The first-order valence-corrected chi connectivity index (χ1v) is 6.48. The lowest BCUT2D eigenvalue weighted by Crippen LogP contribution is -2.21. The molecule has 0 nitrogen and oxygen atoms in total. The second-order valence-electron chi connectivity index (χ2n) is 4.22. The van der Waals surface area contributed by atoms with E-state index in [4.69, 9.17) is 0 Å². The van der Waals surface area contributed by atoms with Gasteiger partial charge in [-0.1, -0.05) is 40.0 Å². The number of thiol groups is 1. The Morgan fingerprint density at radius 2 is 1.15 bits per heavy atom. The Bertz CT molecular complexity index is 80.2. The van der Waals surface area contributed by atoms with Crippen LogP contribution < -0.4 is 0 Å². The highest BCUT2D eigenvalue weighted by atomic mass is 32.1. The maximum Gasteiger partial charge on any atom is -0.00926 e. The summed E-state index contributed by atoms with van der Waals surface area (Å²) >= 11 is 4.39. The molecule has 0 aromatic carbocycles. The average Bonchev–Trinajstić information content (AvgIpc) is 2.06. The molecule has 0 aliphatic carbocycles. The summed E-state index contributed by atoms with van der Waals surface area (Å²) in [6.07, 6.45) is 9.49. The Balaban J connectivity index is 4.19. The van der Waals surface area contributed by atoms with Crippen molar-refractivity contribution in [2.45, 2.75) is 65.7 Å². The summed E-state index contributed by atoms with van der Waals surface area (Å²) in [6.45, 7) is 6.91. The van der Waals surface area contributed by atoms with E-state index < -0.39 is 0 Å². The average molecular weight is 202 g/mol. The highest BCUT2D eigenvalue weighted by Crippen LogP contribution is 2.38.